The van der Waals surface area contributed by atoms with Crippen molar-refractivity contribution in [3.63, 3.8) is 0 Å². The molecule has 0 heterocycles. The Balaban J connectivity index is 2.74. The maximum Gasteiger partial charge on any atom is 0.294 e. The Kier molecular flexibility index (Phi) is 4.08. The van der Waals surface area contributed by atoms with E-state index < -0.39 is 15.7 Å². The molecule has 0 aliphatic carbocycles. The van der Waals surface area contributed by atoms with Crippen LogP contribution in [0.15, 0.2) is 29.2 Å². The predicted molar refractivity (Wildman–Crippen MR) is 65.7 cm³/mol. The van der Waals surface area contributed by atoms with Crippen LogP contribution in [-0.2, 0) is 16.5 Å². The van der Waals surface area contributed by atoms with E-state index in [1.807, 2.05) is 0 Å². The van der Waals surface area contributed by atoms with E-state index in [1.165, 1.54) is 12.1 Å². The lowest BCUT2D eigenvalue weighted by Gasteiger charge is -2.15. The molecular formula is C11H15NO5S. The monoisotopic (exact) mass is 273 g/mol. The maximum absolute atomic E-state index is 10.8. The fraction of sp³-hybridized carbons (Fsp3) is 0.455. The van der Waals surface area contributed by atoms with Crippen molar-refractivity contribution in [2.45, 2.75) is 37.1 Å². The molecule has 0 aliphatic rings. The van der Waals surface area contributed by atoms with Crippen LogP contribution in [0.25, 0.3) is 0 Å². The van der Waals surface area contributed by atoms with Gasteiger partial charge in [0.1, 0.15) is 0 Å². The standard InChI is InChI=1S/C11H15NO5S/c1-11(2,12(13)14)8-7-9-3-5-10(6-4-9)18(15,16)17/h3-6H,7-8H2,1-2H3,(H,15,16,17). The van der Waals surface area contributed by atoms with Gasteiger partial charge in [-0.25, -0.2) is 0 Å². The highest BCUT2D eigenvalue weighted by Gasteiger charge is 2.29. The van der Waals surface area contributed by atoms with Gasteiger partial charge in [0.25, 0.3) is 10.1 Å². The molecule has 100 valence electrons. The van der Waals surface area contributed by atoms with Crippen molar-refractivity contribution in [3.8, 4) is 0 Å². The van der Waals surface area contributed by atoms with Crippen LogP contribution in [0.4, 0.5) is 0 Å². The van der Waals surface area contributed by atoms with Gasteiger partial charge in [-0.1, -0.05) is 12.1 Å². The molecule has 0 saturated carbocycles. The van der Waals surface area contributed by atoms with Gasteiger partial charge in [0.15, 0.2) is 0 Å². The first kappa shape index (κ1) is 14.6. The number of hydrogen-bond acceptors (Lipinski definition) is 4. The zero-order chi connectivity index (χ0) is 14.0. The molecule has 1 rings (SSSR count). The van der Waals surface area contributed by atoms with Gasteiger partial charge in [0.2, 0.25) is 5.54 Å². The van der Waals surface area contributed by atoms with Gasteiger partial charge in [-0.2, -0.15) is 8.42 Å². The van der Waals surface area contributed by atoms with Crippen molar-refractivity contribution in [2.75, 3.05) is 0 Å². The highest BCUT2D eigenvalue weighted by molar-refractivity contribution is 7.85. The second kappa shape index (κ2) is 5.03. The predicted octanol–water partition coefficient (Wildman–Crippen LogP) is 1.92. The first-order valence-corrected chi connectivity index (χ1v) is 6.78. The summed E-state index contributed by atoms with van der Waals surface area (Å²) in [7, 11) is -4.18. The van der Waals surface area contributed by atoms with Crippen LogP contribution in [0.2, 0.25) is 0 Å². The molecule has 7 heteroatoms. The number of nitrogens with zero attached hydrogens (tertiary/aromatic N) is 1. The van der Waals surface area contributed by atoms with Crippen molar-refractivity contribution in [1.82, 2.24) is 0 Å². The van der Waals surface area contributed by atoms with Gasteiger partial charge in [0, 0.05) is 25.2 Å². The number of nitro groups is 1. The largest absolute Gasteiger partial charge is 0.294 e. The van der Waals surface area contributed by atoms with E-state index in [0.29, 0.717) is 12.8 Å². The molecule has 6 nitrogen and oxygen atoms in total. The summed E-state index contributed by atoms with van der Waals surface area (Å²) in [4.78, 5) is 10.2. The summed E-state index contributed by atoms with van der Waals surface area (Å²) in [6, 6.07) is 5.64. The van der Waals surface area contributed by atoms with Crippen LogP contribution in [0.5, 0.6) is 0 Å². The van der Waals surface area contributed by atoms with Gasteiger partial charge in [-0.3, -0.25) is 14.7 Å². The molecule has 0 aliphatic heterocycles. The molecule has 1 aromatic carbocycles. The van der Waals surface area contributed by atoms with Gasteiger partial charge in [0.05, 0.1) is 4.90 Å². The van der Waals surface area contributed by atoms with Crippen LogP contribution in [-0.4, -0.2) is 23.4 Å². The Morgan fingerprint density at radius 1 is 1.28 bits per heavy atom. The molecule has 0 saturated heterocycles. The van der Waals surface area contributed by atoms with Crippen molar-refractivity contribution in [2.24, 2.45) is 0 Å². The lowest BCUT2D eigenvalue weighted by molar-refractivity contribution is -0.561. The lowest BCUT2D eigenvalue weighted by atomic mass is 9.96. The Bertz CT molecular complexity index is 533. The van der Waals surface area contributed by atoms with Crippen molar-refractivity contribution < 1.29 is 17.9 Å². The fourth-order valence-electron chi connectivity index (χ4n) is 1.37. The third-order valence-corrected chi connectivity index (χ3v) is 3.61. The molecule has 18 heavy (non-hydrogen) atoms. The van der Waals surface area contributed by atoms with Gasteiger partial charge < -0.3 is 0 Å². The smallest absolute Gasteiger partial charge is 0.282 e. The first-order valence-electron chi connectivity index (χ1n) is 5.34. The number of hydrogen-bond donors (Lipinski definition) is 1. The fourth-order valence-corrected chi connectivity index (χ4v) is 1.85. The van der Waals surface area contributed by atoms with Crippen LogP contribution in [0.1, 0.15) is 25.8 Å². The normalized spacial score (nSPS) is 12.4. The summed E-state index contributed by atoms with van der Waals surface area (Å²) in [5.74, 6) is 0. The molecule has 1 aromatic rings. The molecule has 0 unspecified atom stereocenters. The Labute approximate surface area is 106 Å². The van der Waals surface area contributed by atoms with E-state index in [4.69, 9.17) is 4.55 Å². The van der Waals surface area contributed by atoms with E-state index in [0.717, 1.165) is 5.56 Å². The summed E-state index contributed by atoms with van der Waals surface area (Å²) < 4.78 is 30.4. The molecule has 0 radical (unpaired) electrons. The molecule has 0 bridgehead atoms. The van der Waals surface area contributed by atoms with Crippen LogP contribution in [0, 0.1) is 10.1 Å². The molecule has 0 aromatic heterocycles. The molecule has 0 fully saturated rings. The van der Waals surface area contributed by atoms with Crippen LogP contribution < -0.4 is 0 Å². The molecule has 0 atom stereocenters. The third kappa shape index (κ3) is 3.78. The summed E-state index contributed by atoms with van der Waals surface area (Å²) >= 11 is 0. The SMILES string of the molecule is CC(C)(CCc1ccc(S(=O)(=O)O)cc1)[N+](=O)[O-]. The van der Waals surface area contributed by atoms with E-state index in [9.17, 15) is 18.5 Å². The Morgan fingerprint density at radius 3 is 2.17 bits per heavy atom. The van der Waals surface area contributed by atoms with Gasteiger partial charge >= 0.3 is 0 Å². The zero-order valence-electron chi connectivity index (χ0n) is 10.2. The third-order valence-electron chi connectivity index (χ3n) is 2.74. The van der Waals surface area contributed by atoms with Crippen LogP contribution in [0.3, 0.4) is 0 Å². The number of rotatable bonds is 5. The minimum Gasteiger partial charge on any atom is -0.282 e. The van der Waals surface area contributed by atoms with E-state index in [2.05, 4.69) is 0 Å². The minimum absolute atomic E-state index is 0.181. The summed E-state index contributed by atoms with van der Waals surface area (Å²) in [6.45, 7) is 3.08. The van der Waals surface area contributed by atoms with Crippen molar-refractivity contribution >= 4 is 10.1 Å². The summed E-state index contributed by atoms with van der Waals surface area (Å²) in [5.41, 5.74) is -0.223. The quantitative estimate of drug-likeness (QED) is 0.502. The van der Waals surface area contributed by atoms with Crippen molar-refractivity contribution in [1.29, 1.82) is 0 Å². The topological polar surface area (TPSA) is 97.5 Å². The highest BCUT2D eigenvalue weighted by atomic mass is 32.2. The Hall–Kier alpha value is -1.47. The second-order valence-corrected chi connectivity index (χ2v) is 6.11. The molecular weight excluding hydrogens is 258 g/mol. The summed E-state index contributed by atoms with van der Waals surface area (Å²) in [6.07, 6.45) is 0.824. The number of aryl methyl sites for hydroxylation is 1. The Morgan fingerprint density at radius 2 is 1.78 bits per heavy atom. The molecule has 0 amide bonds. The van der Waals surface area contributed by atoms with Crippen molar-refractivity contribution in [3.05, 3.63) is 39.9 Å². The van der Waals surface area contributed by atoms with Gasteiger partial charge in [-0.15, -0.1) is 0 Å². The highest BCUT2D eigenvalue weighted by Crippen LogP contribution is 2.18. The lowest BCUT2D eigenvalue weighted by Crippen LogP contribution is -2.31. The average molecular weight is 273 g/mol. The maximum atomic E-state index is 10.8. The zero-order valence-corrected chi connectivity index (χ0v) is 11.0. The summed E-state index contributed by atoms with van der Waals surface area (Å²) in [5, 5.41) is 10.7. The minimum atomic E-state index is -4.18. The van der Waals surface area contributed by atoms with Gasteiger partial charge in [-0.05, 0) is 24.1 Å². The van der Waals surface area contributed by atoms with E-state index >= 15 is 0 Å². The molecule has 0 spiro atoms. The average Bonchev–Trinajstić information content (AvgIpc) is 2.25. The van der Waals surface area contributed by atoms with E-state index in [1.54, 1.807) is 26.0 Å². The first-order chi connectivity index (χ1) is 8.13. The number of benzene rings is 1. The van der Waals surface area contributed by atoms with Crippen LogP contribution >= 0.6 is 0 Å². The second-order valence-electron chi connectivity index (χ2n) is 4.69. The van der Waals surface area contributed by atoms with E-state index in [-0.39, 0.29) is 9.82 Å². The molecule has 1 N–H and O–H groups in total.